The van der Waals surface area contributed by atoms with Gasteiger partial charge in [0.05, 0.1) is 5.69 Å². The second kappa shape index (κ2) is 5.97. The van der Waals surface area contributed by atoms with Gasteiger partial charge in [-0.2, -0.15) is 0 Å². The molecule has 0 aliphatic carbocycles. The number of methoxy groups -OCH3 is 1. The molecule has 0 bridgehead atoms. The van der Waals surface area contributed by atoms with Crippen molar-refractivity contribution in [3.8, 4) is 0 Å². The molecule has 1 rings (SSSR count). The second-order valence-electron chi connectivity index (χ2n) is 4.60. The van der Waals surface area contributed by atoms with Crippen LogP contribution in [0.15, 0.2) is 10.6 Å². The smallest absolute Gasteiger partial charge is 0.323 e. The van der Waals surface area contributed by atoms with Gasteiger partial charge in [-0.05, 0) is 20.4 Å². The van der Waals surface area contributed by atoms with Crippen LogP contribution in [-0.4, -0.2) is 40.3 Å². The SMILES string of the molecule is CCN(Cc1cc(COC)on1)C(C)(C)C(=O)O. The topological polar surface area (TPSA) is 75.8 Å². The Morgan fingerprint density at radius 2 is 2.28 bits per heavy atom. The van der Waals surface area contributed by atoms with E-state index in [1.165, 1.54) is 0 Å². The molecule has 0 spiro atoms. The Bertz CT molecular complexity index is 401. The average molecular weight is 256 g/mol. The highest BCUT2D eigenvalue weighted by Gasteiger charge is 2.34. The minimum Gasteiger partial charge on any atom is -0.480 e. The Hall–Kier alpha value is -1.40. The van der Waals surface area contributed by atoms with Crippen LogP contribution in [-0.2, 0) is 22.7 Å². The molecule has 0 fully saturated rings. The van der Waals surface area contributed by atoms with Gasteiger partial charge >= 0.3 is 5.97 Å². The molecule has 1 aromatic rings. The summed E-state index contributed by atoms with van der Waals surface area (Å²) < 4.78 is 10.0. The summed E-state index contributed by atoms with van der Waals surface area (Å²) in [5.41, 5.74) is -0.229. The standard InChI is InChI=1S/C12H20N2O4/c1-5-14(12(2,3)11(15)16)7-9-6-10(8-17-4)18-13-9/h6H,5,7-8H2,1-4H3,(H,15,16). The zero-order valence-electron chi connectivity index (χ0n) is 11.3. The van der Waals surface area contributed by atoms with E-state index >= 15 is 0 Å². The lowest BCUT2D eigenvalue weighted by Crippen LogP contribution is -2.49. The molecule has 0 radical (unpaired) electrons. The van der Waals surface area contributed by atoms with E-state index in [0.717, 1.165) is 0 Å². The van der Waals surface area contributed by atoms with Gasteiger partial charge in [0.1, 0.15) is 12.1 Å². The molecule has 0 saturated carbocycles. The molecule has 6 heteroatoms. The number of rotatable bonds is 7. The number of nitrogens with zero attached hydrogens (tertiary/aromatic N) is 2. The highest BCUT2D eigenvalue weighted by molar-refractivity contribution is 5.77. The van der Waals surface area contributed by atoms with Crippen molar-refractivity contribution < 1.29 is 19.2 Å². The summed E-state index contributed by atoms with van der Waals surface area (Å²) in [6, 6.07) is 1.78. The molecule has 0 amide bonds. The van der Waals surface area contributed by atoms with E-state index in [0.29, 0.717) is 31.2 Å². The van der Waals surface area contributed by atoms with E-state index in [1.54, 1.807) is 27.0 Å². The predicted octanol–water partition coefficient (Wildman–Crippen LogP) is 1.51. The zero-order valence-corrected chi connectivity index (χ0v) is 11.3. The minimum atomic E-state index is -0.935. The van der Waals surface area contributed by atoms with Crippen molar-refractivity contribution in [2.75, 3.05) is 13.7 Å². The Labute approximate surface area is 107 Å². The van der Waals surface area contributed by atoms with Crippen LogP contribution in [0, 0.1) is 0 Å². The molecule has 0 aliphatic rings. The molecule has 6 nitrogen and oxygen atoms in total. The number of likely N-dealkylation sites (N-methyl/N-ethyl adjacent to an activating group) is 1. The number of hydrogen-bond donors (Lipinski definition) is 1. The predicted molar refractivity (Wildman–Crippen MR) is 65.0 cm³/mol. The summed E-state index contributed by atoms with van der Waals surface area (Å²) in [7, 11) is 1.58. The van der Waals surface area contributed by atoms with E-state index in [9.17, 15) is 9.90 Å². The van der Waals surface area contributed by atoms with Gasteiger partial charge in [0.15, 0.2) is 5.76 Å². The van der Waals surface area contributed by atoms with Gasteiger partial charge in [0.25, 0.3) is 0 Å². The normalized spacial score (nSPS) is 12.1. The second-order valence-corrected chi connectivity index (χ2v) is 4.60. The van der Waals surface area contributed by atoms with Gasteiger partial charge in [-0.3, -0.25) is 9.69 Å². The molecule has 0 saturated heterocycles. The first kappa shape index (κ1) is 14.7. The Morgan fingerprint density at radius 3 is 2.78 bits per heavy atom. The van der Waals surface area contributed by atoms with Gasteiger partial charge < -0.3 is 14.4 Å². The number of aliphatic carboxylic acids is 1. The van der Waals surface area contributed by atoms with Crippen molar-refractivity contribution in [3.63, 3.8) is 0 Å². The van der Waals surface area contributed by atoms with Crippen molar-refractivity contribution in [1.29, 1.82) is 0 Å². The number of aromatic nitrogens is 1. The maximum Gasteiger partial charge on any atom is 0.323 e. The first-order valence-electron chi connectivity index (χ1n) is 5.83. The highest BCUT2D eigenvalue weighted by Crippen LogP contribution is 2.18. The maximum absolute atomic E-state index is 11.2. The van der Waals surface area contributed by atoms with E-state index in [-0.39, 0.29) is 0 Å². The van der Waals surface area contributed by atoms with Crippen LogP contribution in [0.2, 0.25) is 0 Å². The third-order valence-electron chi connectivity index (χ3n) is 2.94. The lowest BCUT2D eigenvalue weighted by Gasteiger charge is -2.33. The molecule has 1 aromatic heterocycles. The highest BCUT2D eigenvalue weighted by atomic mass is 16.5. The van der Waals surface area contributed by atoms with Gasteiger partial charge in [-0.25, -0.2) is 0 Å². The van der Waals surface area contributed by atoms with Crippen LogP contribution in [0.5, 0.6) is 0 Å². The molecule has 0 atom stereocenters. The van der Waals surface area contributed by atoms with E-state index in [1.807, 2.05) is 11.8 Å². The van der Waals surface area contributed by atoms with Crippen LogP contribution in [0.1, 0.15) is 32.2 Å². The first-order valence-corrected chi connectivity index (χ1v) is 5.83. The van der Waals surface area contributed by atoms with Crippen LogP contribution in [0.4, 0.5) is 0 Å². The first-order chi connectivity index (χ1) is 8.41. The average Bonchev–Trinajstić information content (AvgIpc) is 2.73. The summed E-state index contributed by atoms with van der Waals surface area (Å²) in [6.07, 6.45) is 0. The largest absolute Gasteiger partial charge is 0.480 e. The van der Waals surface area contributed by atoms with Crippen molar-refractivity contribution in [1.82, 2.24) is 10.1 Å². The molecule has 0 aliphatic heterocycles. The van der Waals surface area contributed by atoms with Gasteiger partial charge in [-0.1, -0.05) is 12.1 Å². The lowest BCUT2D eigenvalue weighted by molar-refractivity contribution is -0.149. The van der Waals surface area contributed by atoms with Crippen LogP contribution in [0.25, 0.3) is 0 Å². The number of hydrogen-bond acceptors (Lipinski definition) is 5. The van der Waals surface area contributed by atoms with Crippen LogP contribution < -0.4 is 0 Å². The Balaban J connectivity index is 2.76. The summed E-state index contributed by atoms with van der Waals surface area (Å²) in [5.74, 6) is -0.221. The lowest BCUT2D eigenvalue weighted by atomic mass is 10.0. The van der Waals surface area contributed by atoms with Crippen molar-refractivity contribution in [3.05, 3.63) is 17.5 Å². The van der Waals surface area contributed by atoms with E-state index in [4.69, 9.17) is 9.26 Å². The molecule has 1 N–H and O–H groups in total. The van der Waals surface area contributed by atoms with Crippen molar-refractivity contribution >= 4 is 5.97 Å². The maximum atomic E-state index is 11.2. The van der Waals surface area contributed by atoms with Crippen LogP contribution in [0.3, 0.4) is 0 Å². The zero-order chi connectivity index (χ0) is 13.8. The third-order valence-corrected chi connectivity index (χ3v) is 2.94. The quantitative estimate of drug-likeness (QED) is 0.797. The van der Waals surface area contributed by atoms with Crippen molar-refractivity contribution in [2.45, 2.75) is 39.5 Å². The molecule has 1 heterocycles. The molecule has 0 unspecified atom stereocenters. The minimum absolute atomic E-state index is 0.363. The monoisotopic (exact) mass is 256 g/mol. The van der Waals surface area contributed by atoms with Gasteiger partial charge in [0.2, 0.25) is 0 Å². The fourth-order valence-corrected chi connectivity index (χ4v) is 1.68. The summed E-state index contributed by atoms with van der Waals surface area (Å²) in [5, 5.41) is 13.1. The fourth-order valence-electron chi connectivity index (χ4n) is 1.68. The van der Waals surface area contributed by atoms with Gasteiger partial charge in [0, 0.05) is 19.7 Å². The summed E-state index contributed by atoms with van der Waals surface area (Å²) in [4.78, 5) is 13.0. The third kappa shape index (κ3) is 3.30. The van der Waals surface area contributed by atoms with E-state index < -0.39 is 11.5 Å². The van der Waals surface area contributed by atoms with Gasteiger partial charge in [-0.15, -0.1) is 0 Å². The molecular formula is C12H20N2O4. The molecule has 0 aromatic carbocycles. The Morgan fingerprint density at radius 1 is 1.61 bits per heavy atom. The molecule has 102 valence electrons. The Kier molecular flexibility index (Phi) is 4.86. The molecular weight excluding hydrogens is 236 g/mol. The number of carbonyl (C=O) groups is 1. The summed E-state index contributed by atoms with van der Waals surface area (Å²) in [6.45, 7) is 6.68. The van der Waals surface area contributed by atoms with E-state index in [2.05, 4.69) is 5.16 Å². The fraction of sp³-hybridized carbons (Fsp3) is 0.667. The number of carboxylic acids is 1. The number of carboxylic acid groups (broad SMARTS) is 1. The summed E-state index contributed by atoms with van der Waals surface area (Å²) >= 11 is 0. The van der Waals surface area contributed by atoms with Crippen molar-refractivity contribution in [2.24, 2.45) is 0 Å². The van der Waals surface area contributed by atoms with Crippen LogP contribution >= 0.6 is 0 Å². The number of ether oxygens (including phenoxy) is 1. The molecule has 18 heavy (non-hydrogen) atoms.